The van der Waals surface area contributed by atoms with Crippen molar-refractivity contribution in [3.05, 3.63) is 35.4 Å². The van der Waals surface area contributed by atoms with E-state index in [9.17, 15) is 18.0 Å². The Morgan fingerprint density at radius 3 is 2.47 bits per heavy atom. The van der Waals surface area contributed by atoms with Gasteiger partial charge in [-0.2, -0.15) is 13.2 Å². The number of aliphatic hydroxyl groups is 1. The molecule has 3 nitrogen and oxygen atoms in total. The number of alkyl halides is 3. The fraction of sp³-hybridized carbons (Fsp3) is 0.462. The minimum Gasteiger partial charge on any atom is -0.394 e. The standard InChI is InChI=1S/C13H14F3NO2/c14-13(15,16)10-5-3-9(4-6-10)12(19)17-7-1-2-11(17)8-18/h3-6,11,18H,1-2,7-8H2/t11-/m0/s1. The van der Waals surface area contributed by atoms with Gasteiger partial charge in [0.2, 0.25) is 0 Å². The summed E-state index contributed by atoms with van der Waals surface area (Å²) in [4.78, 5) is 13.6. The van der Waals surface area contributed by atoms with Gasteiger partial charge in [0.15, 0.2) is 0 Å². The van der Waals surface area contributed by atoms with Gasteiger partial charge in [-0.15, -0.1) is 0 Å². The van der Waals surface area contributed by atoms with Crippen LogP contribution in [0.2, 0.25) is 0 Å². The second-order valence-corrected chi connectivity index (χ2v) is 4.55. The Morgan fingerprint density at radius 2 is 1.95 bits per heavy atom. The molecule has 1 N–H and O–H groups in total. The molecular formula is C13H14F3NO2. The van der Waals surface area contributed by atoms with Gasteiger partial charge in [-0.1, -0.05) is 0 Å². The predicted molar refractivity (Wildman–Crippen MR) is 62.6 cm³/mol. The zero-order valence-corrected chi connectivity index (χ0v) is 10.2. The van der Waals surface area contributed by atoms with Crippen LogP contribution in [0.5, 0.6) is 0 Å². The average molecular weight is 273 g/mol. The Kier molecular flexibility index (Phi) is 3.80. The largest absolute Gasteiger partial charge is 0.416 e. The lowest BCUT2D eigenvalue weighted by atomic mass is 10.1. The molecule has 104 valence electrons. The summed E-state index contributed by atoms with van der Waals surface area (Å²) in [5.74, 6) is -0.328. The van der Waals surface area contributed by atoms with E-state index in [4.69, 9.17) is 5.11 Å². The summed E-state index contributed by atoms with van der Waals surface area (Å²) in [6.07, 6.45) is -2.87. The van der Waals surface area contributed by atoms with Crippen LogP contribution in [0.15, 0.2) is 24.3 Å². The second kappa shape index (κ2) is 5.21. The fourth-order valence-electron chi connectivity index (χ4n) is 2.26. The summed E-state index contributed by atoms with van der Waals surface area (Å²) in [7, 11) is 0. The van der Waals surface area contributed by atoms with Crippen LogP contribution in [-0.2, 0) is 6.18 Å². The highest BCUT2D eigenvalue weighted by Gasteiger charge is 2.32. The minimum absolute atomic E-state index is 0.119. The average Bonchev–Trinajstić information content (AvgIpc) is 2.85. The van der Waals surface area contributed by atoms with Crippen LogP contribution in [-0.4, -0.2) is 35.1 Å². The molecule has 1 aromatic rings. The van der Waals surface area contributed by atoms with Crippen molar-refractivity contribution in [2.75, 3.05) is 13.2 Å². The maximum Gasteiger partial charge on any atom is 0.416 e. The Morgan fingerprint density at radius 1 is 1.32 bits per heavy atom. The molecule has 1 saturated heterocycles. The molecule has 1 atom stereocenters. The predicted octanol–water partition coefficient (Wildman–Crippen LogP) is 2.30. The molecule has 6 heteroatoms. The number of nitrogens with zero attached hydrogens (tertiary/aromatic N) is 1. The van der Waals surface area contributed by atoms with Crippen LogP contribution >= 0.6 is 0 Å². The molecule has 1 aliphatic rings. The van der Waals surface area contributed by atoms with E-state index in [1.165, 1.54) is 17.0 Å². The maximum absolute atomic E-state index is 12.4. The van der Waals surface area contributed by atoms with Crippen LogP contribution in [0.3, 0.4) is 0 Å². The van der Waals surface area contributed by atoms with Crippen molar-refractivity contribution in [3.8, 4) is 0 Å². The molecule has 1 heterocycles. The van der Waals surface area contributed by atoms with Gasteiger partial charge in [0, 0.05) is 12.1 Å². The molecule has 0 bridgehead atoms. The third-order valence-electron chi connectivity index (χ3n) is 3.31. The highest BCUT2D eigenvalue weighted by molar-refractivity contribution is 5.94. The lowest BCUT2D eigenvalue weighted by molar-refractivity contribution is -0.137. The van der Waals surface area contributed by atoms with E-state index in [0.717, 1.165) is 25.0 Å². The first-order valence-corrected chi connectivity index (χ1v) is 6.02. The van der Waals surface area contributed by atoms with Crippen molar-refractivity contribution in [2.45, 2.75) is 25.1 Å². The molecule has 0 radical (unpaired) electrons. The molecule has 1 aromatic carbocycles. The first-order valence-electron chi connectivity index (χ1n) is 6.02. The van der Waals surface area contributed by atoms with Gasteiger partial charge in [-0.3, -0.25) is 4.79 Å². The van der Waals surface area contributed by atoms with E-state index in [1.807, 2.05) is 0 Å². The monoisotopic (exact) mass is 273 g/mol. The third-order valence-corrected chi connectivity index (χ3v) is 3.31. The van der Waals surface area contributed by atoms with Crippen LogP contribution < -0.4 is 0 Å². The van der Waals surface area contributed by atoms with Gasteiger partial charge >= 0.3 is 6.18 Å². The number of aliphatic hydroxyl groups excluding tert-OH is 1. The van der Waals surface area contributed by atoms with Crippen LogP contribution in [0.4, 0.5) is 13.2 Å². The molecule has 0 unspecified atom stereocenters. The first kappa shape index (κ1) is 13.9. The van der Waals surface area contributed by atoms with Gasteiger partial charge in [0.25, 0.3) is 5.91 Å². The highest BCUT2D eigenvalue weighted by atomic mass is 19.4. The lowest BCUT2D eigenvalue weighted by Crippen LogP contribution is -2.37. The Hall–Kier alpha value is -1.56. The molecule has 1 aliphatic heterocycles. The molecule has 0 aliphatic carbocycles. The van der Waals surface area contributed by atoms with E-state index in [0.29, 0.717) is 6.54 Å². The van der Waals surface area contributed by atoms with Gasteiger partial charge in [-0.25, -0.2) is 0 Å². The molecule has 19 heavy (non-hydrogen) atoms. The van der Waals surface area contributed by atoms with E-state index in [-0.39, 0.29) is 24.1 Å². The third kappa shape index (κ3) is 2.89. The zero-order valence-electron chi connectivity index (χ0n) is 10.2. The number of amides is 1. The summed E-state index contributed by atoms with van der Waals surface area (Å²) in [5.41, 5.74) is -0.558. The summed E-state index contributed by atoms with van der Waals surface area (Å²) >= 11 is 0. The molecule has 1 fully saturated rings. The zero-order chi connectivity index (χ0) is 14.0. The molecule has 2 rings (SSSR count). The number of carbonyl (C=O) groups excluding carboxylic acids is 1. The Balaban J connectivity index is 2.16. The van der Waals surface area contributed by atoms with Crippen LogP contribution in [0.1, 0.15) is 28.8 Å². The van der Waals surface area contributed by atoms with E-state index in [2.05, 4.69) is 0 Å². The van der Waals surface area contributed by atoms with Gasteiger partial charge in [0.05, 0.1) is 18.2 Å². The molecule has 0 aromatic heterocycles. The number of likely N-dealkylation sites (tertiary alicyclic amines) is 1. The summed E-state index contributed by atoms with van der Waals surface area (Å²) in [6.45, 7) is 0.414. The van der Waals surface area contributed by atoms with Crippen molar-refractivity contribution < 1.29 is 23.1 Å². The quantitative estimate of drug-likeness (QED) is 0.898. The number of hydrogen-bond acceptors (Lipinski definition) is 2. The maximum atomic E-state index is 12.4. The molecule has 1 amide bonds. The SMILES string of the molecule is O=C(c1ccc(C(F)(F)F)cc1)N1CCC[C@H]1CO. The summed E-state index contributed by atoms with van der Waals surface area (Å²) < 4.78 is 37.2. The number of rotatable bonds is 2. The Labute approximate surface area is 108 Å². The first-order chi connectivity index (χ1) is 8.93. The number of benzene rings is 1. The van der Waals surface area contributed by atoms with E-state index < -0.39 is 11.7 Å². The van der Waals surface area contributed by atoms with E-state index in [1.54, 1.807) is 0 Å². The highest BCUT2D eigenvalue weighted by Crippen LogP contribution is 2.29. The normalized spacial score (nSPS) is 19.8. The molecule has 0 spiro atoms. The van der Waals surface area contributed by atoms with Crippen molar-refractivity contribution in [2.24, 2.45) is 0 Å². The number of carbonyl (C=O) groups is 1. The Bertz CT molecular complexity index is 456. The molecule has 0 saturated carbocycles. The second-order valence-electron chi connectivity index (χ2n) is 4.55. The van der Waals surface area contributed by atoms with Crippen LogP contribution in [0.25, 0.3) is 0 Å². The van der Waals surface area contributed by atoms with E-state index >= 15 is 0 Å². The van der Waals surface area contributed by atoms with Crippen molar-refractivity contribution in [1.82, 2.24) is 4.90 Å². The number of hydrogen-bond donors (Lipinski definition) is 1. The van der Waals surface area contributed by atoms with Crippen molar-refractivity contribution >= 4 is 5.91 Å². The smallest absolute Gasteiger partial charge is 0.394 e. The van der Waals surface area contributed by atoms with Gasteiger partial charge in [0.1, 0.15) is 0 Å². The summed E-state index contributed by atoms with van der Waals surface area (Å²) in [5, 5.41) is 9.14. The van der Waals surface area contributed by atoms with Gasteiger partial charge < -0.3 is 10.0 Å². The fourth-order valence-corrected chi connectivity index (χ4v) is 2.26. The number of halogens is 3. The minimum atomic E-state index is -4.40. The summed E-state index contributed by atoms with van der Waals surface area (Å²) in [6, 6.07) is 3.93. The molecular weight excluding hydrogens is 259 g/mol. The topological polar surface area (TPSA) is 40.5 Å². The van der Waals surface area contributed by atoms with Crippen molar-refractivity contribution in [3.63, 3.8) is 0 Å². The van der Waals surface area contributed by atoms with Gasteiger partial charge in [-0.05, 0) is 37.1 Å². The van der Waals surface area contributed by atoms with Crippen LogP contribution in [0, 0.1) is 0 Å². The lowest BCUT2D eigenvalue weighted by Gasteiger charge is -2.23. The van der Waals surface area contributed by atoms with Crippen molar-refractivity contribution in [1.29, 1.82) is 0 Å².